The van der Waals surface area contributed by atoms with E-state index in [-0.39, 0.29) is 29.9 Å². The number of ether oxygens (including phenoxy) is 1. The van der Waals surface area contributed by atoms with E-state index in [1.54, 1.807) is 0 Å². The van der Waals surface area contributed by atoms with E-state index in [4.69, 9.17) is 4.74 Å². The summed E-state index contributed by atoms with van der Waals surface area (Å²) in [6.07, 6.45) is 3.62. The van der Waals surface area contributed by atoms with Crippen LogP contribution in [0.3, 0.4) is 0 Å². The molecule has 2 aromatic rings. The van der Waals surface area contributed by atoms with Gasteiger partial charge in [0.2, 0.25) is 5.91 Å². The molecular weight excluding hydrogens is 503 g/mol. The minimum Gasteiger partial charge on any atom is -0.492 e. The zero-order valence-corrected chi connectivity index (χ0v) is 20.3. The van der Waals surface area contributed by atoms with Crippen molar-refractivity contribution < 1.29 is 9.53 Å². The Morgan fingerprint density at radius 2 is 2.06 bits per heavy atom. The number of aryl methyl sites for hydroxylation is 1. The third-order valence-corrected chi connectivity index (χ3v) is 5.79. The lowest BCUT2D eigenvalue weighted by molar-refractivity contribution is -0.116. The van der Waals surface area contributed by atoms with Crippen LogP contribution in [0.2, 0.25) is 0 Å². The molecule has 0 aromatic heterocycles. The summed E-state index contributed by atoms with van der Waals surface area (Å²) in [5.74, 6) is 2.53. The number of guanidine groups is 1. The fourth-order valence-corrected chi connectivity index (χ4v) is 4.25. The number of hydrogen-bond donors (Lipinski definition) is 2. The standard InChI is InChI=1S/C24H30N4O2.HI/c1-25-24(28-13-11-19(17-28)15-18-5-3-2-4-6-18)26-12-14-30-21-8-9-22-20(16-21)7-10-23(29)27-22;/h2-6,8-9,16,19H,7,10-15,17H2,1H3,(H,25,26)(H,27,29);1H. The van der Waals surface area contributed by atoms with Crippen LogP contribution in [0.1, 0.15) is 24.0 Å². The molecule has 7 heteroatoms. The molecule has 0 saturated carbocycles. The summed E-state index contributed by atoms with van der Waals surface area (Å²) in [7, 11) is 1.84. The Balaban J connectivity index is 0.00000272. The Morgan fingerprint density at radius 3 is 2.87 bits per heavy atom. The molecule has 31 heavy (non-hydrogen) atoms. The molecule has 2 aliphatic heterocycles. The molecule has 6 nitrogen and oxygen atoms in total. The summed E-state index contributed by atoms with van der Waals surface area (Å²) in [4.78, 5) is 18.3. The number of fused-ring (bicyclic) bond motifs is 1. The van der Waals surface area contributed by atoms with E-state index in [1.165, 1.54) is 12.0 Å². The first-order valence-corrected chi connectivity index (χ1v) is 10.8. The van der Waals surface area contributed by atoms with Crippen LogP contribution in [0, 0.1) is 5.92 Å². The minimum atomic E-state index is 0. The highest BCUT2D eigenvalue weighted by Crippen LogP contribution is 2.26. The summed E-state index contributed by atoms with van der Waals surface area (Å²) >= 11 is 0. The van der Waals surface area contributed by atoms with Crippen LogP contribution in [-0.2, 0) is 17.6 Å². The van der Waals surface area contributed by atoms with Crippen molar-refractivity contribution in [3.8, 4) is 5.75 Å². The summed E-state index contributed by atoms with van der Waals surface area (Å²) in [6, 6.07) is 16.6. The molecule has 1 amide bonds. The number of rotatable bonds is 6. The highest BCUT2D eigenvalue weighted by molar-refractivity contribution is 14.0. The van der Waals surface area contributed by atoms with Gasteiger partial charge in [0.05, 0.1) is 6.54 Å². The number of halogens is 1. The number of hydrogen-bond acceptors (Lipinski definition) is 3. The monoisotopic (exact) mass is 534 g/mol. The van der Waals surface area contributed by atoms with Crippen molar-refractivity contribution in [3.05, 3.63) is 59.7 Å². The number of nitrogens with one attached hydrogen (secondary N) is 2. The minimum absolute atomic E-state index is 0. The number of benzene rings is 2. The summed E-state index contributed by atoms with van der Waals surface area (Å²) in [5.41, 5.74) is 3.44. The first-order chi connectivity index (χ1) is 14.7. The average molecular weight is 534 g/mol. The van der Waals surface area contributed by atoms with Crippen molar-refractivity contribution in [3.63, 3.8) is 0 Å². The van der Waals surface area contributed by atoms with Crippen LogP contribution in [0.4, 0.5) is 5.69 Å². The molecule has 1 fully saturated rings. The van der Waals surface area contributed by atoms with Gasteiger partial charge in [0.15, 0.2) is 5.96 Å². The van der Waals surface area contributed by atoms with Gasteiger partial charge in [-0.3, -0.25) is 9.79 Å². The van der Waals surface area contributed by atoms with Crippen molar-refractivity contribution in [1.29, 1.82) is 0 Å². The number of carbonyl (C=O) groups excluding carboxylic acids is 1. The number of nitrogens with zero attached hydrogens (tertiary/aromatic N) is 2. The van der Waals surface area contributed by atoms with Crippen LogP contribution >= 0.6 is 24.0 Å². The zero-order valence-electron chi connectivity index (χ0n) is 18.0. The highest BCUT2D eigenvalue weighted by atomic mass is 127. The van der Waals surface area contributed by atoms with E-state index in [0.29, 0.717) is 25.5 Å². The van der Waals surface area contributed by atoms with Crippen LogP contribution in [0.5, 0.6) is 5.75 Å². The van der Waals surface area contributed by atoms with E-state index in [2.05, 4.69) is 50.9 Å². The van der Waals surface area contributed by atoms with Gasteiger partial charge in [0, 0.05) is 32.2 Å². The Labute approximate surface area is 201 Å². The predicted molar refractivity (Wildman–Crippen MR) is 135 cm³/mol. The fourth-order valence-electron chi connectivity index (χ4n) is 4.25. The van der Waals surface area contributed by atoms with E-state index in [0.717, 1.165) is 48.9 Å². The van der Waals surface area contributed by atoms with Crippen molar-refractivity contribution in [2.24, 2.45) is 10.9 Å². The van der Waals surface area contributed by atoms with Crippen LogP contribution in [-0.4, -0.2) is 50.1 Å². The molecule has 0 radical (unpaired) electrons. The second-order valence-electron chi connectivity index (χ2n) is 7.98. The largest absolute Gasteiger partial charge is 0.492 e. The van der Waals surface area contributed by atoms with E-state index in [9.17, 15) is 4.79 Å². The van der Waals surface area contributed by atoms with Gasteiger partial charge in [-0.2, -0.15) is 0 Å². The zero-order chi connectivity index (χ0) is 20.8. The second kappa shape index (κ2) is 11.4. The van der Waals surface area contributed by atoms with Crippen molar-refractivity contribution in [2.45, 2.75) is 25.7 Å². The molecule has 1 unspecified atom stereocenters. The van der Waals surface area contributed by atoms with Crippen LogP contribution < -0.4 is 15.4 Å². The summed E-state index contributed by atoms with van der Waals surface area (Å²) < 4.78 is 5.91. The van der Waals surface area contributed by atoms with Gasteiger partial charge < -0.3 is 20.3 Å². The quantitative estimate of drug-likeness (QED) is 0.257. The third-order valence-electron chi connectivity index (χ3n) is 5.79. The van der Waals surface area contributed by atoms with Gasteiger partial charge in [-0.15, -0.1) is 24.0 Å². The lowest BCUT2D eigenvalue weighted by Crippen LogP contribution is -2.41. The van der Waals surface area contributed by atoms with Gasteiger partial charge in [-0.25, -0.2) is 0 Å². The third kappa shape index (κ3) is 6.35. The molecule has 1 saturated heterocycles. The van der Waals surface area contributed by atoms with Crippen LogP contribution in [0.15, 0.2) is 53.5 Å². The lowest BCUT2D eigenvalue weighted by Gasteiger charge is -2.22. The van der Waals surface area contributed by atoms with Crippen molar-refractivity contribution in [1.82, 2.24) is 10.2 Å². The van der Waals surface area contributed by atoms with E-state index < -0.39 is 0 Å². The maximum atomic E-state index is 11.5. The number of anilines is 1. The number of carbonyl (C=O) groups is 1. The Morgan fingerprint density at radius 1 is 1.23 bits per heavy atom. The van der Waals surface area contributed by atoms with Crippen molar-refractivity contribution in [2.75, 3.05) is 38.6 Å². The molecule has 2 N–H and O–H groups in total. The molecule has 4 rings (SSSR count). The van der Waals surface area contributed by atoms with Crippen LogP contribution in [0.25, 0.3) is 0 Å². The van der Waals surface area contributed by atoms with Gasteiger partial charge in [-0.1, -0.05) is 30.3 Å². The molecule has 0 aliphatic carbocycles. The molecule has 2 aromatic carbocycles. The molecule has 2 aliphatic rings. The Hall–Kier alpha value is -2.29. The summed E-state index contributed by atoms with van der Waals surface area (Å²) in [6.45, 7) is 3.33. The molecule has 1 atom stereocenters. The Kier molecular flexibility index (Phi) is 8.57. The average Bonchev–Trinajstić information content (AvgIpc) is 3.22. The highest BCUT2D eigenvalue weighted by Gasteiger charge is 2.24. The molecule has 0 spiro atoms. The Bertz CT molecular complexity index is 904. The van der Waals surface area contributed by atoms with Crippen molar-refractivity contribution >= 4 is 41.5 Å². The second-order valence-corrected chi connectivity index (χ2v) is 7.98. The maximum absolute atomic E-state index is 11.5. The lowest BCUT2D eigenvalue weighted by atomic mass is 9.99. The first kappa shape index (κ1) is 23.4. The predicted octanol–water partition coefficient (Wildman–Crippen LogP) is 3.71. The normalized spacial score (nSPS) is 18.1. The molecular formula is C24H31IN4O2. The number of amides is 1. The molecule has 2 heterocycles. The van der Waals surface area contributed by atoms with E-state index in [1.807, 2.05) is 25.2 Å². The van der Waals surface area contributed by atoms with Gasteiger partial charge in [0.1, 0.15) is 12.4 Å². The molecule has 166 valence electrons. The first-order valence-electron chi connectivity index (χ1n) is 10.8. The fraction of sp³-hybridized carbons (Fsp3) is 0.417. The van der Waals surface area contributed by atoms with Gasteiger partial charge >= 0.3 is 0 Å². The number of likely N-dealkylation sites (tertiary alicyclic amines) is 1. The smallest absolute Gasteiger partial charge is 0.224 e. The van der Waals surface area contributed by atoms with Gasteiger partial charge in [-0.05, 0) is 54.5 Å². The maximum Gasteiger partial charge on any atom is 0.224 e. The SMILES string of the molecule is CN=C(NCCOc1ccc2c(c1)CCC(=O)N2)N1CCC(Cc2ccccc2)C1.I. The molecule has 0 bridgehead atoms. The van der Waals surface area contributed by atoms with E-state index >= 15 is 0 Å². The summed E-state index contributed by atoms with van der Waals surface area (Å²) in [5, 5.41) is 6.33. The number of aliphatic imine (C=N–C) groups is 1. The topological polar surface area (TPSA) is 66.0 Å². The van der Waals surface area contributed by atoms with Gasteiger partial charge in [0.25, 0.3) is 0 Å².